The van der Waals surface area contributed by atoms with Crippen LogP contribution in [0.5, 0.6) is 0 Å². The van der Waals surface area contributed by atoms with Crippen molar-refractivity contribution in [1.82, 2.24) is 0 Å². The summed E-state index contributed by atoms with van der Waals surface area (Å²) in [5, 5.41) is 38.9. The van der Waals surface area contributed by atoms with Crippen LogP contribution in [0.1, 0.15) is 12.8 Å². The number of hydrogen-bond acceptors (Lipinski definition) is 7. The van der Waals surface area contributed by atoms with Crippen LogP contribution in [-0.4, -0.2) is 66.4 Å². The summed E-state index contributed by atoms with van der Waals surface area (Å²) >= 11 is 0. The molecule has 0 atom stereocenters. The first-order valence-electron chi connectivity index (χ1n) is 3.11. The predicted molar refractivity (Wildman–Crippen MR) is 35.0 cm³/mol. The third kappa shape index (κ3) is 9.01. The van der Waals surface area contributed by atoms with Gasteiger partial charge in [0, 0.05) is 24.8 Å². The summed E-state index contributed by atoms with van der Waals surface area (Å²) in [5.74, 6) is -5.98. The zero-order chi connectivity index (χ0) is 10.6. The number of aliphatic hydroxyl groups is 1. The van der Waals surface area contributed by atoms with E-state index in [1.54, 1.807) is 0 Å². The van der Waals surface area contributed by atoms with E-state index in [2.05, 4.69) is 0 Å². The molecule has 15 heavy (non-hydrogen) atoms. The van der Waals surface area contributed by atoms with Gasteiger partial charge in [-0.2, -0.15) is 0 Å². The van der Waals surface area contributed by atoms with Gasteiger partial charge in [0.25, 0.3) is 0 Å². The number of carbonyl (C=O) groups is 3. The number of rotatable bonds is 5. The molecule has 0 saturated heterocycles. The molecule has 0 unspecified atom stereocenters. The van der Waals surface area contributed by atoms with Crippen LogP contribution in [0, 0.1) is 0 Å². The fraction of sp³-hybridized carbons (Fsp3) is 0.500. The Bertz CT molecular complexity index is 238. The van der Waals surface area contributed by atoms with Crippen molar-refractivity contribution in [2.45, 2.75) is 18.4 Å². The molecular formula is C6H5CaKO7. The second kappa shape index (κ2) is 9.31. The largest absolute Gasteiger partial charge is 2.00 e. The Morgan fingerprint density at radius 2 is 1.27 bits per heavy atom. The Kier molecular flexibility index (Phi) is 13.4. The molecule has 7 nitrogen and oxygen atoms in total. The molecule has 0 aliphatic heterocycles. The Balaban J connectivity index is -0.000000720. The predicted octanol–water partition coefficient (Wildman–Crippen LogP) is -8.63. The average molecular weight is 268 g/mol. The van der Waals surface area contributed by atoms with Crippen LogP contribution in [0.3, 0.4) is 0 Å². The first-order chi connectivity index (χ1) is 5.78. The molecule has 0 bridgehead atoms. The summed E-state index contributed by atoms with van der Waals surface area (Å²) < 4.78 is 0. The molecule has 0 radical (unpaired) electrons. The Morgan fingerprint density at radius 1 is 1.00 bits per heavy atom. The normalized spacial score (nSPS) is 9.40. The summed E-state index contributed by atoms with van der Waals surface area (Å²) in [6.45, 7) is 0. The van der Waals surface area contributed by atoms with E-state index < -0.39 is 36.4 Å². The summed E-state index contributed by atoms with van der Waals surface area (Å²) in [6.07, 6.45) is -2.72. The fourth-order valence-electron chi connectivity index (χ4n) is 0.684. The number of carboxylic acid groups (broad SMARTS) is 3. The monoisotopic (exact) mass is 268 g/mol. The molecule has 0 aromatic carbocycles. The maximum atomic E-state index is 10.1. The van der Waals surface area contributed by atoms with Gasteiger partial charge in [0.15, 0.2) is 0 Å². The van der Waals surface area contributed by atoms with E-state index in [1.165, 1.54) is 0 Å². The molecule has 0 rings (SSSR count). The van der Waals surface area contributed by atoms with Crippen LogP contribution in [0.4, 0.5) is 0 Å². The molecule has 0 heterocycles. The van der Waals surface area contributed by atoms with Gasteiger partial charge in [-0.05, 0) is 0 Å². The van der Waals surface area contributed by atoms with E-state index in [9.17, 15) is 29.7 Å². The van der Waals surface area contributed by atoms with Gasteiger partial charge in [-0.25, -0.2) is 0 Å². The van der Waals surface area contributed by atoms with Crippen molar-refractivity contribution in [2.24, 2.45) is 0 Å². The van der Waals surface area contributed by atoms with Gasteiger partial charge in [-0.15, -0.1) is 0 Å². The molecular weight excluding hydrogens is 263 g/mol. The van der Waals surface area contributed by atoms with Crippen molar-refractivity contribution in [1.29, 1.82) is 0 Å². The van der Waals surface area contributed by atoms with Crippen molar-refractivity contribution < 1.29 is 86.2 Å². The van der Waals surface area contributed by atoms with E-state index in [4.69, 9.17) is 5.11 Å². The minimum absolute atomic E-state index is 0. The molecule has 0 fully saturated rings. The van der Waals surface area contributed by atoms with Crippen LogP contribution in [0.2, 0.25) is 0 Å². The van der Waals surface area contributed by atoms with Gasteiger partial charge >= 0.3 is 89.1 Å². The van der Waals surface area contributed by atoms with Gasteiger partial charge < -0.3 is 34.8 Å². The van der Waals surface area contributed by atoms with Crippen molar-refractivity contribution >= 4 is 55.6 Å². The summed E-state index contributed by atoms with van der Waals surface area (Å²) in [6, 6.07) is 0. The topological polar surface area (TPSA) is 141 Å². The SMILES string of the molecule is O=C([O-])CC(O)(CC(=O)[O-])C(=O)[O-].[Ca+2].[K+]. The van der Waals surface area contributed by atoms with E-state index in [0.717, 1.165) is 0 Å². The van der Waals surface area contributed by atoms with Crippen molar-refractivity contribution in [3.05, 3.63) is 0 Å². The third-order valence-electron chi connectivity index (χ3n) is 1.25. The van der Waals surface area contributed by atoms with E-state index in [1.807, 2.05) is 0 Å². The molecule has 0 saturated carbocycles. The van der Waals surface area contributed by atoms with Crippen LogP contribution in [0.15, 0.2) is 0 Å². The molecule has 1 N–H and O–H groups in total. The van der Waals surface area contributed by atoms with Gasteiger partial charge in [0.2, 0.25) is 0 Å². The summed E-state index contributed by atoms with van der Waals surface area (Å²) in [7, 11) is 0. The van der Waals surface area contributed by atoms with Gasteiger partial charge in [0.1, 0.15) is 5.60 Å². The smallest absolute Gasteiger partial charge is 0.550 e. The summed E-state index contributed by atoms with van der Waals surface area (Å²) in [4.78, 5) is 30.0. The Hall–Kier alpha value is 1.27. The maximum absolute atomic E-state index is 10.1. The van der Waals surface area contributed by atoms with E-state index in [0.29, 0.717) is 0 Å². The van der Waals surface area contributed by atoms with E-state index in [-0.39, 0.29) is 89.1 Å². The fourth-order valence-corrected chi connectivity index (χ4v) is 0.684. The first-order valence-corrected chi connectivity index (χ1v) is 3.11. The van der Waals surface area contributed by atoms with E-state index >= 15 is 0 Å². The Labute approximate surface area is 157 Å². The van der Waals surface area contributed by atoms with Crippen LogP contribution in [0.25, 0.3) is 0 Å². The minimum Gasteiger partial charge on any atom is -0.550 e. The second-order valence-corrected chi connectivity index (χ2v) is 2.42. The molecule has 0 aliphatic carbocycles. The summed E-state index contributed by atoms with van der Waals surface area (Å²) in [5.41, 5.74) is -2.97. The number of carboxylic acids is 3. The molecule has 0 aliphatic rings. The van der Waals surface area contributed by atoms with Crippen molar-refractivity contribution in [3.63, 3.8) is 0 Å². The molecule has 9 heteroatoms. The number of carbonyl (C=O) groups excluding carboxylic acids is 3. The number of hydrogen-bond donors (Lipinski definition) is 1. The van der Waals surface area contributed by atoms with Crippen LogP contribution in [-0.2, 0) is 14.4 Å². The van der Waals surface area contributed by atoms with Gasteiger partial charge in [0.05, 0.1) is 5.97 Å². The maximum Gasteiger partial charge on any atom is 2.00 e. The quantitative estimate of drug-likeness (QED) is 0.488. The Morgan fingerprint density at radius 3 is 1.40 bits per heavy atom. The third-order valence-corrected chi connectivity index (χ3v) is 1.25. The molecule has 0 amide bonds. The standard InChI is InChI=1S/C6H8O7.Ca.K/c7-3(8)1-6(13,5(11)12)2-4(9)10;;/h13H,1-2H2,(H,7,8)(H,9,10)(H,11,12);;/q;+2;+1/p-3. The molecule has 0 aromatic heterocycles. The van der Waals surface area contributed by atoms with Crippen molar-refractivity contribution in [3.8, 4) is 0 Å². The second-order valence-electron chi connectivity index (χ2n) is 2.42. The molecule has 0 aromatic rings. The van der Waals surface area contributed by atoms with Crippen LogP contribution < -0.4 is 66.7 Å². The van der Waals surface area contributed by atoms with Gasteiger partial charge in [-0.1, -0.05) is 0 Å². The zero-order valence-corrected chi connectivity index (χ0v) is 13.3. The molecule has 0 spiro atoms. The zero-order valence-electron chi connectivity index (χ0n) is 8.02. The minimum atomic E-state index is -2.97. The molecule has 74 valence electrons. The van der Waals surface area contributed by atoms with Crippen LogP contribution >= 0.6 is 0 Å². The van der Waals surface area contributed by atoms with Gasteiger partial charge in [-0.3, -0.25) is 0 Å². The van der Waals surface area contributed by atoms with Crippen molar-refractivity contribution in [2.75, 3.05) is 0 Å². The average Bonchev–Trinajstić information content (AvgIpc) is 1.82. The number of aliphatic carboxylic acids is 3. The first kappa shape index (κ1) is 21.5.